The zero-order valence-electron chi connectivity index (χ0n) is 13.7. The summed E-state index contributed by atoms with van der Waals surface area (Å²) in [4.78, 5) is 19.1. The first-order chi connectivity index (χ1) is 12.3. The van der Waals surface area contributed by atoms with Crippen LogP contribution in [-0.4, -0.2) is 18.0 Å². The topological polar surface area (TPSA) is 54.5 Å². The number of ether oxygens (including phenoxy) is 1. The number of methoxy groups -OCH3 is 1. The number of anilines is 2. The van der Waals surface area contributed by atoms with Crippen molar-refractivity contribution in [2.24, 2.45) is 0 Å². The fourth-order valence-corrected chi connectivity index (χ4v) is 3.02. The molecule has 0 saturated heterocycles. The number of rotatable bonds is 4. The maximum atomic E-state index is 13.0. The van der Waals surface area contributed by atoms with Gasteiger partial charge in [0.15, 0.2) is 6.17 Å². The predicted octanol–water partition coefficient (Wildman–Crippen LogP) is 3.86. The number of hydrogen-bond donors (Lipinski definition) is 1. The summed E-state index contributed by atoms with van der Waals surface area (Å²) in [6.45, 7) is 0. The van der Waals surface area contributed by atoms with Crippen molar-refractivity contribution in [2.45, 2.75) is 6.17 Å². The summed E-state index contributed by atoms with van der Waals surface area (Å²) in [7, 11) is 1.62. The number of pyridine rings is 1. The third-order valence-electron chi connectivity index (χ3n) is 4.23. The maximum absolute atomic E-state index is 13.0. The lowest BCUT2D eigenvalue weighted by Crippen LogP contribution is -2.32. The number of para-hydroxylation sites is 1. The van der Waals surface area contributed by atoms with E-state index in [0.29, 0.717) is 5.56 Å². The Hall–Kier alpha value is -3.34. The number of benzene rings is 2. The van der Waals surface area contributed by atoms with E-state index in [1.165, 1.54) is 0 Å². The molecule has 0 radical (unpaired) electrons. The number of hydrogen-bond acceptors (Lipinski definition) is 4. The summed E-state index contributed by atoms with van der Waals surface area (Å²) < 4.78 is 5.21. The maximum Gasteiger partial charge on any atom is 0.262 e. The SMILES string of the molecule is COc1ccc(N2C(=O)c3cccnc3[C@@H]2Nc2ccccc2)cc1. The first kappa shape index (κ1) is 15.2. The highest BCUT2D eigenvalue weighted by atomic mass is 16.5. The molecular weight excluding hydrogens is 314 g/mol. The van der Waals surface area contributed by atoms with Crippen LogP contribution in [-0.2, 0) is 0 Å². The lowest BCUT2D eigenvalue weighted by molar-refractivity contribution is 0.0993. The van der Waals surface area contributed by atoms with Crippen molar-refractivity contribution in [3.05, 3.63) is 84.2 Å². The van der Waals surface area contributed by atoms with Crippen molar-refractivity contribution in [1.29, 1.82) is 0 Å². The molecule has 1 aromatic heterocycles. The molecule has 2 aromatic carbocycles. The quantitative estimate of drug-likeness (QED) is 0.789. The average Bonchev–Trinajstić information content (AvgIpc) is 2.95. The van der Waals surface area contributed by atoms with Gasteiger partial charge in [-0.2, -0.15) is 0 Å². The van der Waals surface area contributed by atoms with Gasteiger partial charge in [-0.15, -0.1) is 0 Å². The molecular formula is C20H17N3O2. The highest BCUT2D eigenvalue weighted by Gasteiger charge is 2.38. The number of fused-ring (bicyclic) bond motifs is 1. The first-order valence-corrected chi connectivity index (χ1v) is 8.02. The van der Waals surface area contributed by atoms with Gasteiger partial charge < -0.3 is 10.1 Å². The second-order valence-electron chi connectivity index (χ2n) is 5.72. The zero-order valence-corrected chi connectivity index (χ0v) is 13.7. The van der Waals surface area contributed by atoms with Crippen LogP contribution in [0.5, 0.6) is 5.75 Å². The van der Waals surface area contributed by atoms with E-state index in [-0.39, 0.29) is 12.1 Å². The zero-order chi connectivity index (χ0) is 17.2. The van der Waals surface area contributed by atoms with Crippen LogP contribution in [0, 0.1) is 0 Å². The fraction of sp³-hybridized carbons (Fsp3) is 0.100. The molecule has 0 unspecified atom stereocenters. The van der Waals surface area contributed by atoms with E-state index in [9.17, 15) is 4.79 Å². The molecule has 1 aliphatic heterocycles. The van der Waals surface area contributed by atoms with Crippen LogP contribution in [0.25, 0.3) is 0 Å². The van der Waals surface area contributed by atoms with E-state index in [1.54, 1.807) is 24.3 Å². The lowest BCUT2D eigenvalue weighted by atomic mass is 10.2. The number of nitrogens with zero attached hydrogens (tertiary/aromatic N) is 2. The smallest absolute Gasteiger partial charge is 0.262 e. The van der Waals surface area contributed by atoms with E-state index in [2.05, 4.69) is 10.3 Å². The Morgan fingerprint density at radius 2 is 1.76 bits per heavy atom. The third kappa shape index (κ3) is 2.70. The lowest BCUT2D eigenvalue weighted by Gasteiger charge is -2.26. The van der Waals surface area contributed by atoms with Gasteiger partial charge >= 0.3 is 0 Å². The summed E-state index contributed by atoms with van der Waals surface area (Å²) in [5.74, 6) is 0.681. The van der Waals surface area contributed by atoms with E-state index >= 15 is 0 Å². The average molecular weight is 331 g/mol. The minimum absolute atomic E-state index is 0.0679. The van der Waals surface area contributed by atoms with Gasteiger partial charge in [-0.1, -0.05) is 18.2 Å². The largest absolute Gasteiger partial charge is 0.497 e. The Morgan fingerprint density at radius 3 is 2.48 bits per heavy atom. The third-order valence-corrected chi connectivity index (χ3v) is 4.23. The van der Waals surface area contributed by atoms with E-state index in [0.717, 1.165) is 22.8 Å². The molecule has 5 heteroatoms. The summed E-state index contributed by atoms with van der Waals surface area (Å²) in [6, 6.07) is 20.9. The van der Waals surface area contributed by atoms with Crippen molar-refractivity contribution < 1.29 is 9.53 Å². The molecule has 1 atom stereocenters. The van der Waals surface area contributed by atoms with Crippen molar-refractivity contribution in [3.63, 3.8) is 0 Å². The van der Waals surface area contributed by atoms with Crippen LogP contribution < -0.4 is 15.0 Å². The van der Waals surface area contributed by atoms with Gasteiger partial charge in [-0.3, -0.25) is 14.7 Å². The Bertz CT molecular complexity index is 894. The molecule has 1 amide bonds. The molecule has 124 valence electrons. The Balaban J connectivity index is 1.76. The summed E-state index contributed by atoms with van der Waals surface area (Å²) in [5.41, 5.74) is 3.06. The molecule has 0 aliphatic carbocycles. The second kappa shape index (κ2) is 6.28. The standard InChI is InChI=1S/C20H17N3O2/c1-25-16-11-9-15(10-12-16)23-19(22-14-6-3-2-4-7-14)18-17(20(23)24)8-5-13-21-18/h2-13,19,22H,1H3/t19-/m1/s1. The molecule has 0 bridgehead atoms. The van der Waals surface area contributed by atoms with Gasteiger partial charge in [0.25, 0.3) is 5.91 Å². The normalized spacial score (nSPS) is 15.8. The van der Waals surface area contributed by atoms with Gasteiger partial charge in [0.05, 0.1) is 18.4 Å². The minimum atomic E-state index is -0.362. The molecule has 1 N–H and O–H groups in total. The molecule has 1 aliphatic rings. The molecule has 4 rings (SSSR count). The van der Waals surface area contributed by atoms with Crippen LogP contribution >= 0.6 is 0 Å². The highest BCUT2D eigenvalue weighted by molar-refractivity contribution is 6.11. The van der Waals surface area contributed by atoms with Crippen molar-refractivity contribution in [1.82, 2.24) is 4.98 Å². The number of carbonyl (C=O) groups excluding carboxylic acids is 1. The van der Waals surface area contributed by atoms with Gasteiger partial charge in [-0.25, -0.2) is 0 Å². The summed E-state index contributed by atoms with van der Waals surface area (Å²) in [6.07, 6.45) is 1.35. The van der Waals surface area contributed by atoms with Crippen LogP contribution in [0.2, 0.25) is 0 Å². The molecule has 2 heterocycles. The molecule has 5 nitrogen and oxygen atoms in total. The monoisotopic (exact) mass is 331 g/mol. The predicted molar refractivity (Wildman–Crippen MR) is 96.8 cm³/mol. The van der Waals surface area contributed by atoms with Crippen LogP contribution in [0.15, 0.2) is 72.9 Å². The number of nitrogens with one attached hydrogen (secondary N) is 1. The van der Waals surface area contributed by atoms with E-state index in [1.807, 2.05) is 60.7 Å². The van der Waals surface area contributed by atoms with E-state index in [4.69, 9.17) is 4.74 Å². The van der Waals surface area contributed by atoms with Crippen LogP contribution in [0.3, 0.4) is 0 Å². The van der Waals surface area contributed by atoms with Gasteiger partial charge in [0.2, 0.25) is 0 Å². The molecule has 0 spiro atoms. The van der Waals surface area contributed by atoms with Gasteiger partial charge in [0.1, 0.15) is 5.75 Å². The minimum Gasteiger partial charge on any atom is -0.497 e. The Kier molecular flexibility index (Phi) is 3.82. The Labute approximate surface area is 145 Å². The van der Waals surface area contributed by atoms with Gasteiger partial charge in [-0.05, 0) is 48.5 Å². The molecule has 3 aromatic rings. The first-order valence-electron chi connectivity index (χ1n) is 8.02. The van der Waals surface area contributed by atoms with Crippen molar-refractivity contribution in [3.8, 4) is 5.75 Å². The van der Waals surface area contributed by atoms with Crippen LogP contribution in [0.1, 0.15) is 22.2 Å². The second-order valence-corrected chi connectivity index (χ2v) is 5.72. The molecule has 25 heavy (non-hydrogen) atoms. The summed E-state index contributed by atoms with van der Waals surface area (Å²) >= 11 is 0. The van der Waals surface area contributed by atoms with Crippen molar-refractivity contribution >= 4 is 17.3 Å². The number of aromatic nitrogens is 1. The van der Waals surface area contributed by atoms with Crippen LogP contribution in [0.4, 0.5) is 11.4 Å². The van der Waals surface area contributed by atoms with Crippen molar-refractivity contribution in [2.75, 3.05) is 17.3 Å². The Morgan fingerprint density at radius 1 is 1.00 bits per heavy atom. The van der Waals surface area contributed by atoms with E-state index < -0.39 is 0 Å². The number of amides is 1. The molecule has 0 fully saturated rings. The summed E-state index contributed by atoms with van der Waals surface area (Å²) in [5, 5.41) is 3.42. The highest BCUT2D eigenvalue weighted by Crippen LogP contribution is 2.37. The van der Waals surface area contributed by atoms with Gasteiger partial charge in [0, 0.05) is 17.6 Å². The molecule has 0 saturated carbocycles. The fourth-order valence-electron chi connectivity index (χ4n) is 3.02. The number of carbonyl (C=O) groups is 1.